The maximum atomic E-state index is 5.82. The topological polar surface area (TPSA) is 73.1 Å². The maximum Gasteiger partial charge on any atom is 0.232 e. The van der Waals surface area contributed by atoms with Gasteiger partial charge in [0, 0.05) is 5.69 Å². The Hall–Kier alpha value is -1.82. The second-order valence-corrected chi connectivity index (χ2v) is 5.60. The molecule has 1 heterocycles. The van der Waals surface area contributed by atoms with Crippen molar-refractivity contribution >= 4 is 27.6 Å². The molecule has 0 amide bonds. The highest BCUT2D eigenvalue weighted by Gasteiger charge is 2.23. The molecule has 0 radical (unpaired) electrons. The molecule has 1 atom stereocenters. The van der Waals surface area contributed by atoms with Crippen molar-refractivity contribution in [2.45, 2.75) is 18.9 Å². The van der Waals surface area contributed by atoms with Gasteiger partial charge in [0.05, 0.1) is 23.8 Å². The molecule has 1 unspecified atom stereocenters. The van der Waals surface area contributed by atoms with Crippen LogP contribution in [0.2, 0.25) is 0 Å². The fourth-order valence-electron chi connectivity index (χ4n) is 2.51. The molecule has 1 aromatic heterocycles. The number of aromatic nitrogens is 2. The van der Waals surface area contributed by atoms with E-state index in [1.165, 1.54) is 11.1 Å². The van der Waals surface area contributed by atoms with Crippen molar-refractivity contribution in [3.05, 3.63) is 40.0 Å². The lowest BCUT2D eigenvalue weighted by atomic mass is 10.1. The molecule has 6 heteroatoms. The predicted molar refractivity (Wildman–Crippen MR) is 81.8 cm³/mol. The van der Waals surface area contributed by atoms with Gasteiger partial charge >= 0.3 is 0 Å². The zero-order valence-corrected chi connectivity index (χ0v) is 12.6. The predicted octanol–water partition coefficient (Wildman–Crippen LogP) is 2.93. The summed E-state index contributed by atoms with van der Waals surface area (Å²) in [7, 11) is 1.59. The minimum atomic E-state index is 0.219. The van der Waals surface area contributed by atoms with Gasteiger partial charge in [0.15, 0.2) is 0 Å². The SMILES string of the molecule is COc1nc(NC2CCc3cc(N)ccc32)ncc1Br. The monoisotopic (exact) mass is 334 g/mol. The molecule has 1 aliphatic carbocycles. The molecule has 2 aromatic rings. The number of methoxy groups -OCH3 is 1. The number of anilines is 2. The van der Waals surface area contributed by atoms with Crippen LogP contribution in [0.15, 0.2) is 28.9 Å². The summed E-state index contributed by atoms with van der Waals surface area (Å²) in [6.07, 6.45) is 3.72. The molecule has 0 saturated carbocycles. The highest BCUT2D eigenvalue weighted by molar-refractivity contribution is 9.10. The van der Waals surface area contributed by atoms with E-state index in [0.29, 0.717) is 11.8 Å². The molecular formula is C14H15BrN4O. The van der Waals surface area contributed by atoms with Gasteiger partial charge in [0.2, 0.25) is 11.8 Å². The number of hydrogen-bond donors (Lipinski definition) is 2. The van der Waals surface area contributed by atoms with Gasteiger partial charge < -0.3 is 15.8 Å². The highest BCUT2D eigenvalue weighted by atomic mass is 79.9. The van der Waals surface area contributed by atoms with E-state index in [0.717, 1.165) is 23.0 Å². The third-order valence-corrected chi connectivity index (χ3v) is 4.00. The first-order chi connectivity index (χ1) is 9.67. The number of rotatable bonds is 3. The number of nitrogens with zero attached hydrogens (tertiary/aromatic N) is 2. The van der Waals surface area contributed by atoms with E-state index in [2.05, 4.69) is 37.3 Å². The Morgan fingerprint density at radius 2 is 2.30 bits per heavy atom. The van der Waals surface area contributed by atoms with E-state index >= 15 is 0 Å². The van der Waals surface area contributed by atoms with Crippen LogP contribution in [-0.2, 0) is 6.42 Å². The highest BCUT2D eigenvalue weighted by Crippen LogP contribution is 2.34. The zero-order valence-electron chi connectivity index (χ0n) is 11.1. The Balaban J connectivity index is 1.84. The van der Waals surface area contributed by atoms with Crippen molar-refractivity contribution in [1.82, 2.24) is 9.97 Å². The summed E-state index contributed by atoms with van der Waals surface area (Å²) in [4.78, 5) is 8.60. The molecule has 0 bridgehead atoms. The van der Waals surface area contributed by atoms with Gasteiger partial charge in [-0.25, -0.2) is 4.98 Å². The van der Waals surface area contributed by atoms with Gasteiger partial charge in [-0.2, -0.15) is 4.98 Å². The second-order valence-electron chi connectivity index (χ2n) is 4.74. The van der Waals surface area contributed by atoms with E-state index in [1.54, 1.807) is 13.3 Å². The molecular weight excluding hydrogens is 320 g/mol. The van der Waals surface area contributed by atoms with Crippen LogP contribution in [-0.4, -0.2) is 17.1 Å². The quantitative estimate of drug-likeness (QED) is 0.844. The van der Waals surface area contributed by atoms with Crippen LogP contribution in [0.5, 0.6) is 5.88 Å². The summed E-state index contributed by atoms with van der Waals surface area (Å²) in [5.74, 6) is 1.10. The molecule has 5 nitrogen and oxygen atoms in total. The van der Waals surface area contributed by atoms with Crippen molar-refractivity contribution in [2.75, 3.05) is 18.2 Å². The normalized spacial score (nSPS) is 16.8. The Bertz CT molecular complexity index is 647. The van der Waals surface area contributed by atoms with E-state index in [-0.39, 0.29) is 6.04 Å². The van der Waals surface area contributed by atoms with Gasteiger partial charge in [0.25, 0.3) is 0 Å². The molecule has 3 N–H and O–H groups in total. The van der Waals surface area contributed by atoms with E-state index in [9.17, 15) is 0 Å². The van der Waals surface area contributed by atoms with Crippen LogP contribution in [0.3, 0.4) is 0 Å². The number of nitrogen functional groups attached to an aromatic ring is 1. The number of halogens is 1. The molecule has 0 saturated heterocycles. The summed E-state index contributed by atoms with van der Waals surface area (Å²) in [5, 5.41) is 3.35. The van der Waals surface area contributed by atoms with Gasteiger partial charge in [-0.05, 0) is 52.0 Å². The summed E-state index contributed by atoms with van der Waals surface area (Å²) < 4.78 is 5.92. The third-order valence-electron chi connectivity index (χ3n) is 3.45. The van der Waals surface area contributed by atoms with Crippen LogP contribution >= 0.6 is 15.9 Å². The molecule has 0 spiro atoms. The Labute approximate surface area is 125 Å². The molecule has 1 aliphatic rings. The van der Waals surface area contributed by atoms with Crippen LogP contribution < -0.4 is 15.8 Å². The lowest BCUT2D eigenvalue weighted by Crippen LogP contribution is -2.10. The van der Waals surface area contributed by atoms with Crippen molar-refractivity contribution in [3.63, 3.8) is 0 Å². The number of aryl methyl sites for hydroxylation is 1. The fraction of sp³-hybridized carbons (Fsp3) is 0.286. The number of nitrogens with one attached hydrogen (secondary N) is 1. The number of fused-ring (bicyclic) bond motifs is 1. The Kier molecular flexibility index (Phi) is 3.48. The fourth-order valence-corrected chi connectivity index (χ4v) is 2.86. The maximum absolute atomic E-state index is 5.82. The van der Waals surface area contributed by atoms with Crippen LogP contribution in [0.4, 0.5) is 11.6 Å². The summed E-state index contributed by atoms with van der Waals surface area (Å²) >= 11 is 3.35. The molecule has 20 heavy (non-hydrogen) atoms. The molecule has 0 aliphatic heterocycles. The van der Waals surface area contributed by atoms with Crippen LogP contribution in [0.1, 0.15) is 23.6 Å². The molecule has 0 fully saturated rings. The second kappa shape index (κ2) is 5.28. The molecule has 3 rings (SSSR count). The molecule has 104 valence electrons. The number of hydrogen-bond acceptors (Lipinski definition) is 5. The lowest BCUT2D eigenvalue weighted by Gasteiger charge is -2.14. The summed E-state index contributed by atoms with van der Waals surface area (Å²) in [6, 6.07) is 6.27. The van der Waals surface area contributed by atoms with Crippen molar-refractivity contribution < 1.29 is 4.74 Å². The van der Waals surface area contributed by atoms with Crippen molar-refractivity contribution in [3.8, 4) is 5.88 Å². The van der Waals surface area contributed by atoms with Crippen LogP contribution in [0, 0.1) is 0 Å². The third kappa shape index (κ3) is 2.43. The zero-order chi connectivity index (χ0) is 14.1. The van der Waals surface area contributed by atoms with Gasteiger partial charge in [-0.3, -0.25) is 0 Å². The summed E-state index contributed by atoms with van der Waals surface area (Å²) in [6.45, 7) is 0. The first kappa shape index (κ1) is 13.2. The average molecular weight is 335 g/mol. The first-order valence-electron chi connectivity index (χ1n) is 6.38. The van der Waals surface area contributed by atoms with Crippen LogP contribution in [0.25, 0.3) is 0 Å². The first-order valence-corrected chi connectivity index (χ1v) is 7.18. The van der Waals surface area contributed by atoms with E-state index < -0.39 is 0 Å². The largest absolute Gasteiger partial charge is 0.480 e. The van der Waals surface area contributed by atoms with Gasteiger partial charge in [0.1, 0.15) is 0 Å². The van der Waals surface area contributed by atoms with Gasteiger partial charge in [-0.15, -0.1) is 0 Å². The van der Waals surface area contributed by atoms with Crippen molar-refractivity contribution in [2.24, 2.45) is 0 Å². The van der Waals surface area contributed by atoms with Crippen molar-refractivity contribution in [1.29, 1.82) is 0 Å². The van der Waals surface area contributed by atoms with E-state index in [1.807, 2.05) is 12.1 Å². The number of nitrogens with two attached hydrogens (primary N) is 1. The Morgan fingerprint density at radius 3 is 3.10 bits per heavy atom. The van der Waals surface area contributed by atoms with Gasteiger partial charge in [-0.1, -0.05) is 6.07 Å². The number of benzene rings is 1. The summed E-state index contributed by atoms with van der Waals surface area (Å²) in [5.41, 5.74) is 9.19. The lowest BCUT2D eigenvalue weighted by molar-refractivity contribution is 0.394. The van der Waals surface area contributed by atoms with E-state index in [4.69, 9.17) is 10.5 Å². The molecule has 1 aromatic carbocycles. The number of ether oxygens (including phenoxy) is 1. The average Bonchev–Trinajstić information content (AvgIpc) is 2.83. The standard InChI is InChI=1S/C14H15BrN4O/c1-20-13-11(15)7-17-14(19-13)18-12-5-2-8-6-9(16)3-4-10(8)12/h3-4,6-7,12H,2,5,16H2,1H3,(H,17,18,19). The minimum absolute atomic E-state index is 0.219. The smallest absolute Gasteiger partial charge is 0.232 e. The Morgan fingerprint density at radius 1 is 1.45 bits per heavy atom. The minimum Gasteiger partial charge on any atom is -0.480 e.